The second kappa shape index (κ2) is 17.9. The van der Waals surface area contributed by atoms with Crippen LogP contribution in [-0.2, 0) is 21.0 Å². The summed E-state index contributed by atoms with van der Waals surface area (Å²) in [5.41, 5.74) is 8.55. The Kier molecular flexibility index (Phi) is 14.0. The molecule has 0 radical (unpaired) electrons. The lowest BCUT2D eigenvalue weighted by Gasteiger charge is -2.28. The van der Waals surface area contributed by atoms with Crippen molar-refractivity contribution in [3.05, 3.63) is 52.1 Å². The molecule has 0 unspecified atom stereocenters. The monoisotopic (exact) mass is 711 g/mol. The highest BCUT2D eigenvalue weighted by Gasteiger charge is 2.27. The molecule has 0 spiro atoms. The Labute approximate surface area is 293 Å². The molecule has 51 heavy (non-hydrogen) atoms. The smallest absolute Gasteiger partial charge is 0.326 e. The Morgan fingerprint density at radius 1 is 1.02 bits per heavy atom. The lowest BCUT2D eigenvalue weighted by molar-refractivity contribution is -0.139. The van der Waals surface area contributed by atoms with Crippen LogP contribution in [0.1, 0.15) is 76.4 Å². The molecule has 10 N–H and O–H groups in total. The van der Waals surface area contributed by atoms with Gasteiger partial charge in [0.1, 0.15) is 11.8 Å². The normalized spacial score (nSPS) is 13.2. The van der Waals surface area contributed by atoms with Crippen molar-refractivity contribution in [2.45, 2.75) is 84.0 Å². The maximum Gasteiger partial charge on any atom is 0.326 e. The van der Waals surface area contributed by atoms with Gasteiger partial charge >= 0.3 is 5.97 Å². The fraction of sp³-hybridized carbons (Fsp3) is 0.469. The number of carboxylic acids is 1. The third-order valence-electron chi connectivity index (χ3n) is 8.06. The van der Waals surface area contributed by atoms with Crippen molar-refractivity contribution < 1.29 is 34.7 Å². The minimum atomic E-state index is -1.31. The fourth-order valence-corrected chi connectivity index (χ4v) is 4.61. The highest BCUT2D eigenvalue weighted by Crippen LogP contribution is 2.15. The van der Waals surface area contributed by atoms with E-state index in [0.717, 1.165) is 0 Å². The van der Waals surface area contributed by atoms with E-state index in [1.165, 1.54) is 18.3 Å². The SMILES string of the molecule is CC(=NO)C(C)(C)NOCCNC(C)(C)C(CCC(=O)CC[C@H](NC(=O)c1ccc(NCc2cnc3nc(N)[nH]c(=O)c3n2)cc1)C(=O)O)=NO. The number of Topliss-reactive ketones (excluding diaryl/α,β-unsaturated/α-hetero) is 1. The quantitative estimate of drug-likeness (QED) is 0.0348. The Hall–Kier alpha value is -5.53. The number of hydroxylamine groups is 1. The number of carbonyl (C=O) groups is 3. The van der Waals surface area contributed by atoms with E-state index in [-0.39, 0.29) is 67.3 Å². The van der Waals surface area contributed by atoms with E-state index in [1.54, 1.807) is 46.8 Å². The van der Waals surface area contributed by atoms with Crippen molar-refractivity contribution in [1.82, 2.24) is 36.0 Å². The molecule has 1 aromatic carbocycles. The van der Waals surface area contributed by atoms with Gasteiger partial charge in [-0.1, -0.05) is 10.3 Å². The molecule has 0 fully saturated rings. The number of oxime groups is 2. The number of fused-ring (bicyclic) bond motifs is 1. The van der Waals surface area contributed by atoms with Crippen LogP contribution in [0.25, 0.3) is 11.2 Å². The number of benzene rings is 1. The van der Waals surface area contributed by atoms with Crippen LogP contribution in [0.3, 0.4) is 0 Å². The van der Waals surface area contributed by atoms with E-state index < -0.39 is 34.6 Å². The number of ketones is 1. The second-order valence-electron chi connectivity index (χ2n) is 12.7. The molecule has 1 amide bonds. The lowest BCUT2D eigenvalue weighted by Crippen LogP contribution is -2.50. The van der Waals surface area contributed by atoms with E-state index in [9.17, 15) is 29.5 Å². The highest BCUT2D eigenvalue weighted by atomic mass is 16.6. The van der Waals surface area contributed by atoms with Gasteiger partial charge in [0.2, 0.25) is 5.95 Å². The van der Waals surface area contributed by atoms with Gasteiger partial charge in [-0.2, -0.15) is 10.5 Å². The molecule has 0 aliphatic carbocycles. The minimum absolute atomic E-state index is 0.00191. The molecule has 19 heteroatoms. The molecule has 0 saturated carbocycles. The van der Waals surface area contributed by atoms with Crippen molar-refractivity contribution in [3.8, 4) is 0 Å². The van der Waals surface area contributed by atoms with Crippen LogP contribution in [0, 0.1) is 0 Å². The molecule has 2 aromatic heterocycles. The highest BCUT2D eigenvalue weighted by molar-refractivity contribution is 5.97. The van der Waals surface area contributed by atoms with Gasteiger partial charge in [-0.3, -0.25) is 24.2 Å². The number of rotatable bonds is 20. The molecule has 0 saturated heterocycles. The number of aromatic amines is 1. The Balaban J connectivity index is 1.44. The minimum Gasteiger partial charge on any atom is -0.480 e. The van der Waals surface area contributed by atoms with Gasteiger partial charge in [-0.15, -0.1) is 0 Å². The number of aliphatic carboxylic acids is 1. The number of nitrogen functional groups attached to an aromatic ring is 1. The number of H-pyrrole nitrogens is 1. The van der Waals surface area contributed by atoms with Crippen LogP contribution < -0.4 is 32.7 Å². The van der Waals surface area contributed by atoms with Gasteiger partial charge in [-0.05, 0) is 71.7 Å². The van der Waals surface area contributed by atoms with E-state index in [0.29, 0.717) is 29.3 Å². The molecule has 19 nitrogen and oxygen atoms in total. The molecular weight excluding hydrogens is 666 g/mol. The van der Waals surface area contributed by atoms with Crippen LogP contribution >= 0.6 is 0 Å². The second-order valence-corrected chi connectivity index (χ2v) is 12.7. The predicted molar refractivity (Wildman–Crippen MR) is 188 cm³/mol. The summed E-state index contributed by atoms with van der Waals surface area (Å²) >= 11 is 0. The Morgan fingerprint density at radius 2 is 1.73 bits per heavy atom. The van der Waals surface area contributed by atoms with E-state index >= 15 is 0 Å². The Morgan fingerprint density at radius 3 is 2.37 bits per heavy atom. The van der Waals surface area contributed by atoms with Gasteiger partial charge in [-0.25, -0.2) is 14.8 Å². The van der Waals surface area contributed by atoms with Crippen LogP contribution in [0.4, 0.5) is 11.6 Å². The number of nitrogens with zero attached hydrogens (tertiary/aromatic N) is 5. The average molecular weight is 712 g/mol. The predicted octanol–water partition coefficient (Wildman–Crippen LogP) is 1.57. The molecule has 0 aliphatic heterocycles. The summed E-state index contributed by atoms with van der Waals surface area (Å²) in [6, 6.07) is 4.94. The molecule has 0 bridgehead atoms. The van der Waals surface area contributed by atoms with Gasteiger partial charge in [0.25, 0.3) is 11.5 Å². The number of carbonyl (C=O) groups excluding carboxylic acids is 2. The van der Waals surface area contributed by atoms with Crippen LogP contribution in [0.2, 0.25) is 0 Å². The zero-order chi connectivity index (χ0) is 37.8. The summed E-state index contributed by atoms with van der Waals surface area (Å²) in [6.45, 7) is 9.57. The topological polar surface area (TPSA) is 292 Å². The van der Waals surface area contributed by atoms with Crippen molar-refractivity contribution in [3.63, 3.8) is 0 Å². The lowest BCUT2D eigenvalue weighted by atomic mass is 9.93. The first-order valence-electron chi connectivity index (χ1n) is 16.0. The first kappa shape index (κ1) is 39.9. The molecule has 3 rings (SSSR count). The van der Waals surface area contributed by atoms with E-state index in [4.69, 9.17) is 15.8 Å². The molecule has 1 atom stereocenters. The Bertz CT molecular complexity index is 1810. The zero-order valence-electron chi connectivity index (χ0n) is 29.1. The number of hydrogen-bond acceptors (Lipinski definition) is 16. The van der Waals surface area contributed by atoms with Crippen molar-refractivity contribution in [2.75, 3.05) is 24.2 Å². The number of amides is 1. The standard InChI is InChI=1S/C32H45N11O8/c1-18(41-49)31(2,3)43-51-15-14-36-32(4,5)24(42-50)13-11-22(44)10-12-23(29(47)48)38-27(45)19-6-8-20(9-7-19)34-16-21-17-35-26-25(37-21)28(46)40-30(33)39-26/h6-9,17,23,34,36,43,49-50H,10-16H2,1-5H3,(H,38,45)(H,47,48)(H3,33,35,39,40,46)/t23-/m0/s1. The van der Waals surface area contributed by atoms with Crippen molar-refractivity contribution in [2.24, 2.45) is 10.3 Å². The summed E-state index contributed by atoms with van der Waals surface area (Å²) in [4.78, 5) is 69.6. The van der Waals surface area contributed by atoms with Gasteiger partial charge in [0.05, 0.1) is 47.5 Å². The first-order chi connectivity index (χ1) is 24.1. The number of hydrogen-bond donors (Lipinski definition) is 9. The van der Waals surface area contributed by atoms with E-state index in [1.807, 2.05) is 0 Å². The zero-order valence-corrected chi connectivity index (χ0v) is 29.1. The molecule has 276 valence electrons. The third-order valence-corrected chi connectivity index (χ3v) is 8.06. The number of aromatic nitrogens is 4. The molecule has 0 aliphatic rings. The van der Waals surface area contributed by atoms with Crippen molar-refractivity contribution in [1.29, 1.82) is 0 Å². The van der Waals surface area contributed by atoms with Crippen LogP contribution in [-0.4, -0.2) is 94.8 Å². The molecule has 3 aromatic rings. The summed E-state index contributed by atoms with van der Waals surface area (Å²) in [5, 5.41) is 43.6. The fourth-order valence-electron chi connectivity index (χ4n) is 4.61. The summed E-state index contributed by atoms with van der Waals surface area (Å²) in [6.07, 6.45) is 1.32. The molecule has 2 heterocycles. The van der Waals surface area contributed by atoms with Gasteiger partial charge in [0, 0.05) is 30.6 Å². The van der Waals surface area contributed by atoms with Gasteiger partial charge < -0.3 is 37.2 Å². The number of nitrogens with one attached hydrogen (secondary N) is 5. The third kappa shape index (κ3) is 11.8. The molecular formula is C32H45N11O8. The number of carboxylic acid groups (broad SMARTS) is 1. The maximum absolute atomic E-state index is 12.8. The number of anilines is 2. The summed E-state index contributed by atoms with van der Waals surface area (Å²) < 4.78 is 0. The number of nitrogens with two attached hydrogens (primary N) is 1. The first-order valence-corrected chi connectivity index (χ1v) is 16.0. The summed E-state index contributed by atoms with van der Waals surface area (Å²) in [7, 11) is 0. The van der Waals surface area contributed by atoms with E-state index in [2.05, 4.69) is 51.7 Å². The van der Waals surface area contributed by atoms with Crippen LogP contribution in [0.15, 0.2) is 45.6 Å². The summed E-state index contributed by atoms with van der Waals surface area (Å²) in [5.74, 6) is -2.24. The average Bonchev–Trinajstić information content (AvgIpc) is 3.08. The van der Waals surface area contributed by atoms with Crippen molar-refractivity contribution >= 4 is 51.9 Å². The van der Waals surface area contributed by atoms with Crippen LogP contribution in [0.5, 0.6) is 0 Å². The van der Waals surface area contributed by atoms with Gasteiger partial charge in [0.15, 0.2) is 11.2 Å². The largest absolute Gasteiger partial charge is 0.480 e. The maximum atomic E-state index is 12.8.